The first-order valence-electron chi connectivity index (χ1n) is 9.82. The Labute approximate surface area is 210 Å². The summed E-state index contributed by atoms with van der Waals surface area (Å²) in [7, 11) is -6.66. The second-order valence-corrected chi connectivity index (χ2v) is 12.4. The number of aromatic nitrogens is 1. The number of fused-ring (bicyclic) bond motifs is 1. The van der Waals surface area contributed by atoms with Gasteiger partial charge in [0.1, 0.15) is 5.75 Å². The quantitative estimate of drug-likeness (QED) is 0.467. The number of rotatable bonds is 6. The van der Waals surface area contributed by atoms with Gasteiger partial charge in [-0.2, -0.15) is 0 Å². The van der Waals surface area contributed by atoms with Gasteiger partial charge in [-0.05, 0) is 29.8 Å². The van der Waals surface area contributed by atoms with Gasteiger partial charge in [0.2, 0.25) is 0 Å². The largest absolute Gasteiger partial charge is 0.505 e. The first-order valence-corrected chi connectivity index (χ1v) is 13.8. The zero-order chi connectivity index (χ0) is 25.5. The Hall–Kier alpha value is -3.06. The van der Waals surface area contributed by atoms with Crippen LogP contribution in [0, 0.1) is 0 Å². The van der Waals surface area contributed by atoms with Gasteiger partial charge >= 0.3 is 0 Å². The number of anilines is 1. The first-order chi connectivity index (χ1) is 16.4. The fourth-order valence-electron chi connectivity index (χ4n) is 3.45. The second-order valence-electron chi connectivity index (χ2n) is 7.58. The lowest BCUT2D eigenvalue weighted by atomic mass is 10.1. The second kappa shape index (κ2) is 9.19. The van der Waals surface area contributed by atoms with Gasteiger partial charge in [0.05, 0.1) is 20.7 Å². The van der Waals surface area contributed by atoms with Gasteiger partial charge in [-0.15, -0.1) is 0 Å². The number of hydrogen-bond acceptors (Lipinski definition) is 8. The molecular formula is C21H17Cl2N3O7S2. The van der Waals surface area contributed by atoms with E-state index in [4.69, 9.17) is 27.7 Å². The number of amides is 1. The highest BCUT2D eigenvalue weighted by Gasteiger charge is 2.38. The van der Waals surface area contributed by atoms with Crippen molar-refractivity contribution >= 4 is 60.5 Å². The van der Waals surface area contributed by atoms with Gasteiger partial charge in [-0.3, -0.25) is 9.10 Å². The van der Waals surface area contributed by atoms with Crippen LogP contribution in [-0.4, -0.2) is 44.4 Å². The van der Waals surface area contributed by atoms with E-state index in [1.807, 2.05) is 0 Å². The van der Waals surface area contributed by atoms with Gasteiger partial charge in [-0.25, -0.2) is 16.8 Å². The van der Waals surface area contributed by atoms with Crippen molar-refractivity contribution in [2.75, 3.05) is 12.4 Å². The van der Waals surface area contributed by atoms with Crippen LogP contribution in [0.15, 0.2) is 63.6 Å². The monoisotopic (exact) mass is 557 g/mol. The van der Waals surface area contributed by atoms with E-state index < -0.39 is 43.0 Å². The van der Waals surface area contributed by atoms with Gasteiger partial charge in [0.25, 0.3) is 15.9 Å². The molecule has 0 fully saturated rings. The standard InChI is InChI=1S/C21H17Cl2N3O7S2/c1-26-19(20(27)14-4-2-3-5-17(14)35(26,31)32)21(28)24-18-9-13(33-25-18)11-34(29,30)10-12-6-7-15(22)16(23)8-12/h2-9,27H,10-11H2,1H3,(H,24,25,28). The Bertz CT molecular complexity index is 1580. The zero-order valence-corrected chi connectivity index (χ0v) is 21.0. The molecule has 0 radical (unpaired) electrons. The number of aliphatic hydroxyl groups excluding tert-OH is 1. The van der Waals surface area contributed by atoms with Gasteiger partial charge in [-0.1, -0.05) is 46.6 Å². The molecule has 1 aliphatic rings. The van der Waals surface area contributed by atoms with Crippen LogP contribution in [0.2, 0.25) is 10.0 Å². The Morgan fingerprint density at radius 3 is 2.54 bits per heavy atom. The van der Waals surface area contributed by atoms with Crippen molar-refractivity contribution in [3.63, 3.8) is 0 Å². The molecule has 1 amide bonds. The van der Waals surface area contributed by atoms with Crippen molar-refractivity contribution < 1.29 is 31.3 Å². The number of sulfone groups is 1. The Morgan fingerprint density at radius 2 is 1.83 bits per heavy atom. The summed E-state index contributed by atoms with van der Waals surface area (Å²) in [5.74, 6) is -2.61. The molecule has 1 aromatic heterocycles. The molecule has 184 valence electrons. The number of carbonyl (C=O) groups excluding carboxylic acids is 1. The third-order valence-electron chi connectivity index (χ3n) is 5.07. The fraction of sp³-hybridized carbons (Fsp3) is 0.143. The van der Waals surface area contributed by atoms with E-state index in [1.165, 1.54) is 48.5 Å². The van der Waals surface area contributed by atoms with Crippen LogP contribution < -0.4 is 5.32 Å². The molecule has 0 unspecified atom stereocenters. The van der Waals surface area contributed by atoms with Crippen LogP contribution in [0.4, 0.5) is 5.82 Å². The van der Waals surface area contributed by atoms with Crippen molar-refractivity contribution in [3.8, 4) is 0 Å². The molecule has 2 heterocycles. The van der Waals surface area contributed by atoms with Crippen molar-refractivity contribution in [3.05, 3.63) is 81.2 Å². The van der Waals surface area contributed by atoms with Gasteiger partial charge in [0.15, 0.2) is 32.9 Å². The Balaban J connectivity index is 1.52. The molecule has 0 saturated heterocycles. The average molecular weight is 558 g/mol. The number of nitrogens with one attached hydrogen (secondary N) is 1. The minimum absolute atomic E-state index is 0.0232. The highest BCUT2D eigenvalue weighted by atomic mass is 35.5. The molecule has 1 aliphatic heterocycles. The van der Waals surface area contributed by atoms with Crippen LogP contribution in [-0.2, 0) is 36.2 Å². The Morgan fingerprint density at radius 1 is 1.11 bits per heavy atom. The zero-order valence-electron chi connectivity index (χ0n) is 17.9. The van der Waals surface area contributed by atoms with Crippen molar-refractivity contribution in [2.45, 2.75) is 16.4 Å². The minimum atomic E-state index is -4.08. The lowest BCUT2D eigenvalue weighted by Gasteiger charge is -2.28. The van der Waals surface area contributed by atoms with Crippen molar-refractivity contribution in [1.82, 2.24) is 9.46 Å². The molecule has 2 aromatic carbocycles. The molecule has 3 aromatic rings. The minimum Gasteiger partial charge on any atom is -0.505 e. The lowest BCUT2D eigenvalue weighted by Crippen LogP contribution is -2.37. The number of hydrogen-bond donors (Lipinski definition) is 2. The summed E-state index contributed by atoms with van der Waals surface area (Å²) in [6.45, 7) is 0. The van der Waals surface area contributed by atoms with Crippen LogP contribution in [0.3, 0.4) is 0 Å². The van der Waals surface area contributed by atoms with Gasteiger partial charge in [0, 0.05) is 18.7 Å². The number of sulfonamides is 1. The molecule has 2 N–H and O–H groups in total. The summed E-state index contributed by atoms with van der Waals surface area (Å²) in [4.78, 5) is 12.7. The number of benzene rings is 2. The van der Waals surface area contributed by atoms with E-state index in [0.29, 0.717) is 14.9 Å². The van der Waals surface area contributed by atoms with E-state index in [1.54, 1.807) is 0 Å². The SMILES string of the molecule is CN1C(C(=O)Nc2cc(CS(=O)(=O)Cc3ccc(Cl)c(Cl)c3)on2)=C(O)c2ccccc2S1(=O)=O. The van der Waals surface area contributed by atoms with E-state index in [2.05, 4.69) is 10.5 Å². The smallest absolute Gasteiger partial charge is 0.278 e. The third kappa shape index (κ3) is 5.01. The predicted octanol–water partition coefficient (Wildman–Crippen LogP) is 3.60. The summed E-state index contributed by atoms with van der Waals surface area (Å²) in [6, 6.07) is 11.4. The third-order valence-corrected chi connectivity index (χ3v) is 9.12. The number of halogens is 2. The summed E-state index contributed by atoms with van der Waals surface area (Å²) < 4.78 is 56.3. The van der Waals surface area contributed by atoms with Crippen LogP contribution >= 0.6 is 23.2 Å². The number of aliphatic hydroxyl groups is 1. The van der Waals surface area contributed by atoms with Gasteiger partial charge < -0.3 is 14.9 Å². The molecule has 0 saturated carbocycles. The summed E-state index contributed by atoms with van der Waals surface area (Å²) in [5, 5.41) is 17.0. The maximum Gasteiger partial charge on any atom is 0.278 e. The highest BCUT2D eigenvalue weighted by Crippen LogP contribution is 2.34. The molecule has 0 spiro atoms. The highest BCUT2D eigenvalue weighted by molar-refractivity contribution is 7.90. The molecular weight excluding hydrogens is 541 g/mol. The average Bonchev–Trinajstić information content (AvgIpc) is 3.20. The van der Waals surface area contributed by atoms with Crippen LogP contribution in [0.25, 0.3) is 5.76 Å². The molecule has 0 bridgehead atoms. The van der Waals surface area contributed by atoms with E-state index in [0.717, 1.165) is 7.05 Å². The molecule has 10 nitrogen and oxygen atoms in total. The molecule has 0 atom stereocenters. The number of likely N-dealkylation sites (N-methyl/N-ethyl adjacent to an activating group) is 1. The molecule has 35 heavy (non-hydrogen) atoms. The van der Waals surface area contributed by atoms with Crippen molar-refractivity contribution in [2.24, 2.45) is 0 Å². The van der Waals surface area contributed by atoms with Crippen molar-refractivity contribution in [1.29, 1.82) is 0 Å². The summed E-state index contributed by atoms with van der Waals surface area (Å²) in [6.07, 6.45) is 0. The molecule has 4 rings (SSSR count). The maximum atomic E-state index is 12.8. The van der Waals surface area contributed by atoms with Crippen LogP contribution in [0.5, 0.6) is 0 Å². The Kier molecular flexibility index (Phi) is 6.58. The topological polar surface area (TPSA) is 147 Å². The number of carbonyl (C=O) groups is 1. The fourth-order valence-corrected chi connectivity index (χ4v) is 6.53. The molecule has 14 heteroatoms. The van der Waals surface area contributed by atoms with E-state index in [-0.39, 0.29) is 32.8 Å². The van der Waals surface area contributed by atoms with E-state index >= 15 is 0 Å². The molecule has 0 aliphatic carbocycles. The van der Waals surface area contributed by atoms with Crippen LogP contribution in [0.1, 0.15) is 16.9 Å². The predicted molar refractivity (Wildman–Crippen MR) is 129 cm³/mol. The summed E-state index contributed by atoms with van der Waals surface area (Å²) >= 11 is 11.8. The first kappa shape index (κ1) is 25.0. The normalized spacial score (nSPS) is 15.1. The van der Waals surface area contributed by atoms with E-state index in [9.17, 15) is 26.7 Å². The summed E-state index contributed by atoms with van der Waals surface area (Å²) in [5.41, 5.74) is -0.123. The maximum absolute atomic E-state index is 12.8. The number of nitrogens with zero attached hydrogens (tertiary/aromatic N) is 2. The lowest BCUT2D eigenvalue weighted by molar-refractivity contribution is -0.113.